The molecule has 0 bridgehead atoms. The number of rotatable bonds is 16. The maximum atomic E-state index is 11.3. The molecule has 1 atom stereocenters. The second-order valence-electron chi connectivity index (χ2n) is 9.68. The van der Waals surface area contributed by atoms with Crippen LogP contribution >= 0.6 is 0 Å². The smallest absolute Gasteiger partial charge is 0.229 e. The molecule has 0 saturated carbocycles. The van der Waals surface area contributed by atoms with Crippen LogP contribution in [0.15, 0.2) is 42.5 Å². The number of ether oxygens (including phenoxy) is 4. The van der Waals surface area contributed by atoms with Crippen LogP contribution in [0.4, 0.5) is 5.69 Å². The quantitative estimate of drug-likeness (QED) is 0.278. The van der Waals surface area contributed by atoms with Crippen molar-refractivity contribution in [3.63, 3.8) is 0 Å². The molecular weight excluding hydrogens is 496 g/mol. The van der Waals surface area contributed by atoms with Gasteiger partial charge in [-0.15, -0.1) is 0 Å². The van der Waals surface area contributed by atoms with Gasteiger partial charge in [0.1, 0.15) is 5.75 Å². The molecule has 0 aliphatic carbocycles. The van der Waals surface area contributed by atoms with E-state index in [2.05, 4.69) is 10.0 Å². The van der Waals surface area contributed by atoms with Gasteiger partial charge in [-0.2, -0.15) is 0 Å². The van der Waals surface area contributed by atoms with Crippen molar-refractivity contribution in [1.29, 1.82) is 0 Å². The Labute approximate surface area is 220 Å². The molecule has 0 radical (unpaired) electrons. The van der Waals surface area contributed by atoms with Crippen molar-refractivity contribution < 1.29 is 32.5 Å². The Morgan fingerprint density at radius 3 is 2.68 bits per heavy atom. The van der Waals surface area contributed by atoms with E-state index in [9.17, 15) is 13.5 Å². The summed E-state index contributed by atoms with van der Waals surface area (Å²) in [7, 11) is -3.29. The number of aliphatic hydroxyl groups excluding tert-OH is 1. The van der Waals surface area contributed by atoms with Gasteiger partial charge >= 0.3 is 0 Å². The lowest BCUT2D eigenvalue weighted by Gasteiger charge is -2.33. The highest BCUT2D eigenvalue weighted by atomic mass is 32.2. The van der Waals surface area contributed by atoms with Gasteiger partial charge in [-0.3, -0.25) is 4.72 Å². The molecule has 2 aromatic carbocycles. The maximum Gasteiger partial charge on any atom is 0.229 e. The van der Waals surface area contributed by atoms with Gasteiger partial charge in [-0.25, -0.2) is 8.42 Å². The number of sulfonamides is 1. The van der Waals surface area contributed by atoms with Crippen molar-refractivity contribution in [1.82, 2.24) is 5.32 Å². The molecule has 9 nitrogen and oxygen atoms in total. The van der Waals surface area contributed by atoms with Gasteiger partial charge < -0.3 is 29.4 Å². The van der Waals surface area contributed by atoms with E-state index in [1.54, 1.807) is 18.2 Å². The van der Waals surface area contributed by atoms with Crippen molar-refractivity contribution in [2.75, 3.05) is 43.9 Å². The number of aliphatic hydroxyl groups is 1. The zero-order valence-corrected chi connectivity index (χ0v) is 22.8. The fraction of sp³-hybridized carbons (Fsp3) is 0.556. The average Bonchev–Trinajstić information content (AvgIpc) is 2.83. The van der Waals surface area contributed by atoms with E-state index in [0.717, 1.165) is 54.5 Å². The summed E-state index contributed by atoms with van der Waals surface area (Å²) in [5, 5.41) is 13.8. The molecular formula is C27H40N2O7S. The van der Waals surface area contributed by atoms with Crippen LogP contribution in [0.1, 0.15) is 55.9 Å². The molecule has 0 saturated heterocycles. The Kier molecular flexibility index (Phi) is 11.2. The molecule has 0 fully saturated rings. The molecule has 206 valence electrons. The van der Waals surface area contributed by atoms with Gasteiger partial charge in [-0.05, 0) is 61.2 Å². The SMILES string of the molecule is CC1(C)OCc2cc([C@H](O)CNCCCCCOCCOCc3cccc(NS(C)(=O)=O)c3)ccc2O1. The molecule has 3 rings (SSSR count). The van der Waals surface area contributed by atoms with Crippen molar-refractivity contribution in [2.24, 2.45) is 0 Å². The number of anilines is 1. The van der Waals surface area contributed by atoms with E-state index in [1.165, 1.54) is 0 Å². The predicted molar refractivity (Wildman–Crippen MR) is 143 cm³/mol. The Balaban J connectivity index is 1.18. The second kappa shape index (κ2) is 14.1. The standard InChI is InChI=1S/C27H40N2O7S/c1-27(2)35-20-23-17-22(10-11-26(23)36-27)25(30)18-28-12-5-4-6-13-33-14-15-34-19-21-8-7-9-24(16-21)29-37(3,31)32/h7-11,16-17,25,28-30H,4-6,12-15,18-20H2,1-3H3/t25-/m1/s1. The number of nitrogens with one attached hydrogen (secondary N) is 2. The molecule has 2 aromatic rings. The van der Waals surface area contributed by atoms with Crippen LogP contribution in [0, 0.1) is 0 Å². The van der Waals surface area contributed by atoms with Crippen LogP contribution in [-0.4, -0.2) is 58.5 Å². The third kappa shape index (κ3) is 11.0. The molecule has 0 unspecified atom stereocenters. The molecule has 0 aromatic heterocycles. The number of benzene rings is 2. The summed E-state index contributed by atoms with van der Waals surface area (Å²) in [6.07, 6.45) is 3.55. The average molecular weight is 537 g/mol. The first kappa shape index (κ1) is 29.3. The van der Waals surface area contributed by atoms with Crippen LogP contribution in [0.3, 0.4) is 0 Å². The highest BCUT2D eigenvalue weighted by Gasteiger charge is 2.27. The van der Waals surface area contributed by atoms with E-state index in [-0.39, 0.29) is 0 Å². The van der Waals surface area contributed by atoms with Crippen LogP contribution in [-0.2, 0) is 37.4 Å². The summed E-state index contributed by atoms with van der Waals surface area (Å²) in [5.41, 5.74) is 3.23. The Morgan fingerprint density at radius 1 is 1.05 bits per heavy atom. The Hall–Kier alpha value is -2.21. The molecule has 3 N–H and O–H groups in total. The zero-order chi connectivity index (χ0) is 26.7. The maximum absolute atomic E-state index is 11.3. The molecule has 10 heteroatoms. The van der Waals surface area contributed by atoms with E-state index < -0.39 is 21.9 Å². The molecule has 0 spiro atoms. The third-order valence-corrected chi connectivity index (χ3v) is 6.36. The number of hydrogen-bond donors (Lipinski definition) is 3. The molecule has 1 aliphatic rings. The lowest BCUT2D eigenvalue weighted by atomic mass is 10.0. The summed E-state index contributed by atoms with van der Waals surface area (Å²) in [6, 6.07) is 12.9. The van der Waals surface area contributed by atoms with Crippen molar-refractivity contribution >= 4 is 15.7 Å². The lowest BCUT2D eigenvalue weighted by molar-refractivity contribution is -0.180. The number of hydrogen-bond acceptors (Lipinski definition) is 8. The van der Waals surface area contributed by atoms with Gasteiger partial charge in [0.2, 0.25) is 15.8 Å². The van der Waals surface area contributed by atoms with Crippen LogP contribution in [0.5, 0.6) is 5.75 Å². The van der Waals surface area contributed by atoms with Gasteiger partial charge in [0, 0.05) is 38.2 Å². The van der Waals surface area contributed by atoms with Crippen LogP contribution in [0.2, 0.25) is 0 Å². The first-order valence-electron chi connectivity index (χ1n) is 12.7. The van der Waals surface area contributed by atoms with E-state index in [1.807, 2.05) is 38.1 Å². The minimum Gasteiger partial charge on any atom is -0.463 e. The summed E-state index contributed by atoms with van der Waals surface area (Å²) >= 11 is 0. The summed E-state index contributed by atoms with van der Waals surface area (Å²) in [6.45, 7) is 7.63. The van der Waals surface area contributed by atoms with Gasteiger partial charge in [0.05, 0.1) is 38.8 Å². The molecule has 37 heavy (non-hydrogen) atoms. The third-order valence-electron chi connectivity index (χ3n) is 5.75. The van der Waals surface area contributed by atoms with Gasteiger partial charge in [-0.1, -0.05) is 18.2 Å². The minimum atomic E-state index is -3.29. The van der Waals surface area contributed by atoms with Crippen molar-refractivity contribution in [2.45, 2.75) is 58.2 Å². The lowest BCUT2D eigenvalue weighted by Crippen LogP contribution is -2.35. The Morgan fingerprint density at radius 2 is 1.86 bits per heavy atom. The minimum absolute atomic E-state index is 0.394. The molecule has 0 amide bonds. The normalized spacial score (nSPS) is 15.6. The largest absolute Gasteiger partial charge is 0.463 e. The summed E-state index contributed by atoms with van der Waals surface area (Å²) in [4.78, 5) is 0. The second-order valence-corrected chi connectivity index (χ2v) is 11.4. The highest BCUT2D eigenvalue weighted by Crippen LogP contribution is 2.32. The monoisotopic (exact) mass is 536 g/mol. The van der Waals surface area contributed by atoms with Gasteiger partial charge in [0.25, 0.3) is 0 Å². The molecule has 1 aliphatic heterocycles. The zero-order valence-electron chi connectivity index (χ0n) is 22.0. The summed E-state index contributed by atoms with van der Waals surface area (Å²) in [5.74, 6) is 0.187. The number of fused-ring (bicyclic) bond motifs is 1. The van der Waals surface area contributed by atoms with Crippen molar-refractivity contribution in [3.05, 3.63) is 59.2 Å². The fourth-order valence-corrected chi connectivity index (χ4v) is 4.46. The van der Waals surface area contributed by atoms with E-state index in [4.69, 9.17) is 18.9 Å². The van der Waals surface area contributed by atoms with E-state index in [0.29, 0.717) is 45.3 Å². The topological polar surface area (TPSA) is 115 Å². The highest BCUT2D eigenvalue weighted by molar-refractivity contribution is 7.92. The first-order chi connectivity index (χ1) is 17.6. The van der Waals surface area contributed by atoms with Crippen molar-refractivity contribution in [3.8, 4) is 5.75 Å². The van der Waals surface area contributed by atoms with Gasteiger partial charge in [0.15, 0.2) is 0 Å². The summed E-state index contributed by atoms with van der Waals surface area (Å²) < 4.78 is 47.8. The molecule has 1 heterocycles. The fourth-order valence-electron chi connectivity index (χ4n) is 3.90. The van der Waals surface area contributed by atoms with E-state index >= 15 is 0 Å². The van der Waals surface area contributed by atoms with Crippen LogP contribution < -0.4 is 14.8 Å². The van der Waals surface area contributed by atoms with Crippen LogP contribution in [0.25, 0.3) is 0 Å². The predicted octanol–water partition coefficient (Wildman–Crippen LogP) is 3.73. The number of unbranched alkanes of at least 4 members (excludes halogenated alkanes) is 2. The first-order valence-corrected chi connectivity index (χ1v) is 14.6. The Bertz CT molecular complexity index is 1090.